The number of carbonyl (C=O) groups excluding carboxylic acids is 1. The summed E-state index contributed by atoms with van der Waals surface area (Å²) < 4.78 is 25.1. The quantitative estimate of drug-likeness (QED) is 0.478. The van der Waals surface area contributed by atoms with Gasteiger partial charge in [-0.25, -0.2) is 4.21 Å². The van der Waals surface area contributed by atoms with Gasteiger partial charge in [0.1, 0.15) is 6.04 Å². The molecule has 0 heterocycles. The molecule has 2 atom stereocenters. The zero-order chi connectivity index (χ0) is 15.7. The number of hydrogen-bond donors (Lipinski definition) is 2. The van der Waals surface area contributed by atoms with Crippen LogP contribution in [0.25, 0.3) is 0 Å². The molecule has 1 unspecified atom stereocenters. The SMILES string of the molecule is CCCCOC(=O)[C@@H](N)CCS(=N)(=O)CCC1CCCC1. The monoisotopic (exact) mass is 318 g/mol. The first-order valence-electron chi connectivity index (χ1n) is 8.11. The van der Waals surface area contributed by atoms with Gasteiger partial charge in [0.25, 0.3) is 0 Å². The predicted octanol–water partition coefficient (Wildman–Crippen LogP) is 2.67. The molecule has 6 heteroatoms. The fraction of sp³-hybridized carbons (Fsp3) is 0.933. The molecule has 0 aromatic heterocycles. The van der Waals surface area contributed by atoms with Crippen LogP contribution in [0.2, 0.25) is 0 Å². The van der Waals surface area contributed by atoms with E-state index in [2.05, 4.69) is 0 Å². The number of nitrogens with one attached hydrogen (secondary N) is 1. The van der Waals surface area contributed by atoms with E-state index < -0.39 is 21.7 Å². The minimum Gasteiger partial charge on any atom is -0.465 e. The Hall–Kier alpha value is -0.620. The largest absolute Gasteiger partial charge is 0.465 e. The van der Waals surface area contributed by atoms with Crippen molar-refractivity contribution in [3.63, 3.8) is 0 Å². The molecule has 1 rings (SSSR count). The molecule has 3 N–H and O–H groups in total. The van der Waals surface area contributed by atoms with E-state index in [1.54, 1.807) is 0 Å². The Morgan fingerprint density at radius 2 is 2.05 bits per heavy atom. The number of hydrogen-bond acceptors (Lipinski definition) is 5. The molecule has 1 fully saturated rings. The normalized spacial score (nSPS) is 20.1. The van der Waals surface area contributed by atoms with E-state index in [4.69, 9.17) is 15.3 Å². The summed E-state index contributed by atoms with van der Waals surface area (Å²) >= 11 is 0. The van der Waals surface area contributed by atoms with Gasteiger partial charge in [-0.2, -0.15) is 0 Å². The molecule has 0 aromatic rings. The minimum atomic E-state index is -2.61. The van der Waals surface area contributed by atoms with Gasteiger partial charge in [0, 0.05) is 21.2 Å². The predicted molar refractivity (Wildman–Crippen MR) is 85.6 cm³/mol. The lowest BCUT2D eigenvalue weighted by atomic mass is 10.1. The molecule has 0 radical (unpaired) electrons. The lowest BCUT2D eigenvalue weighted by Gasteiger charge is -2.14. The summed E-state index contributed by atoms with van der Waals surface area (Å²) in [5, 5.41) is 0. The Bertz CT molecular complexity index is 403. The summed E-state index contributed by atoms with van der Waals surface area (Å²) in [4.78, 5) is 11.6. The van der Waals surface area contributed by atoms with Gasteiger partial charge in [0.15, 0.2) is 0 Å². The molecule has 0 saturated heterocycles. The van der Waals surface area contributed by atoms with E-state index in [1.807, 2.05) is 6.92 Å². The van der Waals surface area contributed by atoms with Gasteiger partial charge in [-0.3, -0.25) is 9.57 Å². The van der Waals surface area contributed by atoms with Crippen molar-refractivity contribution in [1.82, 2.24) is 0 Å². The molecule has 0 aliphatic heterocycles. The topological polar surface area (TPSA) is 93.2 Å². The van der Waals surface area contributed by atoms with Gasteiger partial charge in [-0.1, -0.05) is 39.0 Å². The Morgan fingerprint density at radius 3 is 2.67 bits per heavy atom. The van der Waals surface area contributed by atoms with Crippen LogP contribution in [0.5, 0.6) is 0 Å². The molecule has 0 bridgehead atoms. The third-order valence-electron chi connectivity index (χ3n) is 4.13. The molecule has 1 aliphatic carbocycles. The van der Waals surface area contributed by atoms with Crippen molar-refractivity contribution in [3.05, 3.63) is 0 Å². The van der Waals surface area contributed by atoms with E-state index in [9.17, 15) is 9.00 Å². The number of carbonyl (C=O) groups is 1. The summed E-state index contributed by atoms with van der Waals surface area (Å²) in [6.07, 6.45) is 7.88. The van der Waals surface area contributed by atoms with Crippen LogP contribution in [0.1, 0.15) is 58.3 Å². The van der Waals surface area contributed by atoms with E-state index in [-0.39, 0.29) is 12.2 Å². The van der Waals surface area contributed by atoms with E-state index in [1.165, 1.54) is 25.7 Å². The Morgan fingerprint density at radius 1 is 1.38 bits per heavy atom. The third kappa shape index (κ3) is 7.81. The highest BCUT2D eigenvalue weighted by molar-refractivity contribution is 7.92. The first-order valence-corrected chi connectivity index (χ1v) is 10.0. The van der Waals surface area contributed by atoms with Gasteiger partial charge in [0.2, 0.25) is 0 Å². The average molecular weight is 318 g/mol. The van der Waals surface area contributed by atoms with E-state index >= 15 is 0 Å². The van der Waals surface area contributed by atoms with Crippen molar-refractivity contribution in [2.24, 2.45) is 11.7 Å². The van der Waals surface area contributed by atoms with Crippen molar-refractivity contribution >= 4 is 15.7 Å². The van der Waals surface area contributed by atoms with E-state index in [0.717, 1.165) is 19.3 Å². The van der Waals surface area contributed by atoms with Gasteiger partial charge in [-0.05, 0) is 25.2 Å². The highest BCUT2D eigenvalue weighted by Crippen LogP contribution is 2.27. The van der Waals surface area contributed by atoms with Crippen LogP contribution in [0.3, 0.4) is 0 Å². The van der Waals surface area contributed by atoms with Gasteiger partial charge in [0.05, 0.1) is 6.61 Å². The smallest absolute Gasteiger partial charge is 0.322 e. The zero-order valence-electron chi connectivity index (χ0n) is 13.1. The van der Waals surface area contributed by atoms with Crippen LogP contribution in [0.15, 0.2) is 0 Å². The van der Waals surface area contributed by atoms with Crippen LogP contribution < -0.4 is 5.73 Å². The summed E-state index contributed by atoms with van der Waals surface area (Å²) in [6, 6.07) is -0.750. The second-order valence-corrected chi connectivity index (χ2v) is 8.52. The van der Waals surface area contributed by atoms with Crippen LogP contribution >= 0.6 is 0 Å². The second-order valence-electron chi connectivity index (χ2n) is 6.08. The molecule has 0 spiro atoms. The molecule has 1 saturated carbocycles. The second kappa shape index (κ2) is 9.41. The Balaban J connectivity index is 2.22. The van der Waals surface area contributed by atoms with Crippen LogP contribution in [0, 0.1) is 10.7 Å². The fourth-order valence-electron chi connectivity index (χ4n) is 2.62. The van der Waals surface area contributed by atoms with Crippen molar-refractivity contribution in [2.75, 3.05) is 18.1 Å². The molecular weight excluding hydrogens is 288 g/mol. The van der Waals surface area contributed by atoms with Crippen LogP contribution in [-0.4, -0.2) is 34.3 Å². The highest BCUT2D eigenvalue weighted by atomic mass is 32.2. The average Bonchev–Trinajstić information content (AvgIpc) is 2.96. The standard InChI is InChI=1S/C15H30N2O3S/c1-2-3-10-20-15(18)14(16)9-12-21(17,19)11-8-13-6-4-5-7-13/h13-14,17H,2-12,16H2,1H3/t14-,21?/m0/s1. The molecule has 0 amide bonds. The van der Waals surface area contributed by atoms with E-state index in [0.29, 0.717) is 18.3 Å². The van der Waals surface area contributed by atoms with Gasteiger partial charge < -0.3 is 10.5 Å². The number of ether oxygens (including phenoxy) is 1. The molecule has 5 nitrogen and oxygen atoms in total. The highest BCUT2D eigenvalue weighted by Gasteiger charge is 2.20. The number of nitrogens with two attached hydrogens (primary N) is 1. The van der Waals surface area contributed by atoms with Crippen molar-refractivity contribution < 1.29 is 13.7 Å². The molecular formula is C15H30N2O3S. The van der Waals surface area contributed by atoms with Crippen molar-refractivity contribution in [2.45, 2.75) is 64.3 Å². The summed E-state index contributed by atoms with van der Waals surface area (Å²) in [5.74, 6) is 0.845. The number of esters is 1. The van der Waals surface area contributed by atoms with Crippen molar-refractivity contribution in [3.8, 4) is 0 Å². The number of unbranched alkanes of at least 4 members (excludes halogenated alkanes) is 1. The maximum absolute atomic E-state index is 12.2. The number of rotatable bonds is 10. The Labute approximate surface area is 129 Å². The minimum absolute atomic E-state index is 0.198. The maximum Gasteiger partial charge on any atom is 0.322 e. The van der Waals surface area contributed by atoms with Crippen LogP contribution in [0.4, 0.5) is 0 Å². The maximum atomic E-state index is 12.2. The fourth-order valence-corrected chi connectivity index (χ4v) is 4.17. The Kier molecular flexibility index (Phi) is 8.26. The first-order chi connectivity index (χ1) is 9.94. The summed E-state index contributed by atoms with van der Waals surface area (Å²) in [7, 11) is -2.61. The third-order valence-corrected chi connectivity index (χ3v) is 5.92. The van der Waals surface area contributed by atoms with Gasteiger partial charge >= 0.3 is 5.97 Å². The summed E-state index contributed by atoms with van der Waals surface area (Å²) in [5.41, 5.74) is 5.74. The lowest BCUT2D eigenvalue weighted by Crippen LogP contribution is -2.34. The summed E-state index contributed by atoms with van der Waals surface area (Å²) in [6.45, 7) is 2.41. The van der Waals surface area contributed by atoms with Crippen LogP contribution in [-0.2, 0) is 19.3 Å². The zero-order valence-corrected chi connectivity index (χ0v) is 14.0. The van der Waals surface area contributed by atoms with Gasteiger partial charge in [-0.15, -0.1) is 0 Å². The molecule has 124 valence electrons. The first kappa shape index (κ1) is 18.4. The molecule has 1 aliphatic rings. The molecule has 21 heavy (non-hydrogen) atoms. The lowest BCUT2D eigenvalue weighted by molar-refractivity contribution is -0.145. The van der Waals surface area contributed by atoms with Crippen molar-refractivity contribution in [1.29, 1.82) is 4.78 Å². The molecule has 0 aromatic carbocycles.